The number of phenols is 1. The molecule has 8 heteroatoms. The minimum atomic E-state index is -1.69. The molecule has 0 saturated carbocycles. The first-order chi connectivity index (χ1) is 9.75. The van der Waals surface area contributed by atoms with E-state index in [9.17, 15) is 29.1 Å². The zero-order valence-electron chi connectivity index (χ0n) is 10.7. The number of benzene rings is 1. The number of carboxylic acid groups (broad SMARTS) is 1. The number of Topliss-reactive ketones (excluding diaryl/α,β-unsaturated/α-hetero) is 2. The lowest BCUT2D eigenvalue weighted by Crippen LogP contribution is -2.32. The Morgan fingerprint density at radius 1 is 1.19 bits per heavy atom. The highest BCUT2D eigenvalue weighted by Gasteiger charge is 2.50. The van der Waals surface area contributed by atoms with Crippen molar-refractivity contribution in [1.82, 2.24) is 0 Å². The normalized spacial score (nSPS) is 18.2. The van der Waals surface area contributed by atoms with Crippen molar-refractivity contribution in [1.29, 1.82) is 0 Å². The molecule has 1 aromatic rings. The van der Waals surface area contributed by atoms with E-state index in [1.807, 2.05) is 0 Å². The third-order valence-corrected chi connectivity index (χ3v) is 3.02. The highest BCUT2D eigenvalue weighted by Crippen LogP contribution is 2.29. The summed E-state index contributed by atoms with van der Waals surface area (Å²) in [6.45, 7) is 1.01. The van der Waals surface area contributed by atoms with Crippen molar-refractivity contribution >= 4 is 35.0 Å². The van der Waals surface area contributed by atoms with Gasteiger partial charge >= 0.3 is 11.9 Å². The van der Waals surface area contributed by atoms with Gasteiger partial charge in [-0.05, 0) is 25.1 Å². The fraction of sp³-hybridized carbons (Fsp3) is 0.154. The summed E-state index contributed by atoms with van der Waals surface area (Å²) in [7, 11) is 0. The minimum absolute atomic E-state index is 0.197. The number of aromatic carboxylic acids is 1. The van der Waals surface area contributed by atoms with Crippen molar-refractivity contribution < 1.29 is 34.2 Å². The van der Waals surface area contributed by atoms with Gasteiger partial charge in [0, 0.05) is 0 Å². The third-order valence-electron chi connectivity index (χ3n) is 3.02. The van der Waals surface area contributed by atoms with Crippen molar-refractivity contribution in [3.8, 4) is 5.75 Å². The average Bonchev–Trinajstić information content (AvgIpc) is 2.61. The molecule has 2 N–H and O–H groups in total. The molecule has 1 fully saturated rings. The largest absolute Gasteiger partial charge is 0.507 e. The molecule has 0 spiro atoms. The topological polar surface area (TPSA) is 129 Å². The van der Waals surface area contributed by atoms with Crippen LogP contribution in [0, 0.1) is 5.92 Å². The molecule has 0 aliphatic carbocycles. The fourth-order valence-electron chi connectivity index (χ4n) is 2.01. The SMILES string of the molecule is CC(=O)C1C(=O)C(=O)N(c2ccc(O)c(C(=O)O)c2)C1=O. The fourth-order valence-corrected chi connectivity index (χ4v) is 2.01. The van der Waals surface area contributed by atoms with Crippen LogP contribution in [-0.2, 0) is 19.2 Å². The molecule has 108 valence electrons. The lowest BCUT2D eigenvalue weighted by atomic mass is 10.0. The van der Waals surface area contributed by atoms with Crippen LogP contribution in [0.3, 0.4) is 0 Å². The van der Waals surface area contributed by atoms with Gasteiger partial charge in [-0.1, -0.05) is 0 Å². The maximum atomic E-state index is 12.0. The second-order valence-corrected chi connectivity index (χ2v) is 4.39. The second-order valence-electron chi connectivity index (χ2n) is 4.39. The number of carbonyl (C=O) groups excluding carboxylic acids is 4. The lowest BCUT2D eigenvalue weighted by molar-refractivity contribution is -0.139. The van der Waals surface area contributed by atoms with Gasteiger partial charge in [0.15, 0.2) is 5.92 Å². The van der Waals surface area contributed by atoms with E-state index in [1.54, 1.807) is 0 Å². The van der Waals surface area contributed by atoms with Crippen LogP contribution in [0.5, 0.6) is 5.75 Å². The first kappa shape index (κ1) is 14.4. The second kappa shape index (κ2) is 4.82. The first-order valence-corrected chi connectivity index (χ1v) is 5.74. The van der Waals surface area contributed by atoms with Gasteiger partial charge in [-0.25, -0.2) is 9.69 Å². The van der Waals surface area contributed by atoms with E-state index >= 15 is 0 Å². The smallest absolute Gasteiger partial charge is 0.339 e. The van der Waals surface area contributed by atoms with Gasteiger partial charge in [0.25, 0.3) is 5.91 Å². The summed E-state index contributed by atoms with van der Waals surface area (Å²) in [5.74, 6) is -7.88. The summed E-state index contributed by atoms with van der Waals surface area (Å²) in [5, 5.41) is 18.3. The summed E-state index contributed by atoms with van der Waals surface area (Å²) < 4.78 is 0. The number of amides is 2. The van der Waals surface area contributed by atoms with Gasteiger partial charge in [-0.15, -0.1) is 0 Å². The van der Waals surface area contributed by atoms with Crippen molar-refractivity contribution in [3.63, 3.8) is 0 Å². The van der Waals surface area contributed by atoms with Crippen LogP contribution in [0.4, 0.5) is 5.69 Å². The Morgan fingerprint density at radius 3 is 2.29 bits per heavy atom. The Kier molecular flexibility index (Phi) is 3.30. The van der Waals surface area contributed by atoms with E-state index in [2.05, 4.69) is 0 Å². The third kappa shape index (κ3) is 2.16. The molecule has 1 atom stereocenters. The molecular formula is C13H9NO7. The molecule has 1 aliphatic heterocycles. The summed E-state index contributed by atoms with van der Waals surface area (Å²) in [6, 6.07) is 2.96. The van der Waals surface area contributed by atoms with Gasteiger partial charge in [-0.3, -0.25) is 19.2 Å². The van der Waals surface area contributed by atoms with Gasteiger partial charge < -0.3 is 10.2 Å². The highest BCUT2D eigenvalue weighted by atomic mass is 16.4. The molecule has 0 aromatic heterocycles. The van der Waals surface area contributed by atoms with Crippen molar-refractivity contribution in [2.75, 3.05) is 4.90 Å². The summed E-state index contributed by atoms with van der Waals surface area (Å²) in [5.41, 5.74) is -0.732. The Balaban J connectivity index is 2.52. The van der Waals surface area contributed by atoms with E-state index in [-0.39, 0.29) is 5.69 Å². The predicted molar refractivity (Wildman–Crippen MR) is 66.7 cm³/mol. The van der Waals surface area contributed by atoms with Gasteiger partial charge in [0.1, 0.15) is 17.1 Å². The highest BCUT2D eigenvalue weighted by molar-refractivity contribution is 6.59. The first-order valence-electron chi connectivity index (χ1n) is 5.74. The molecule has 21 heavy (non-hydrogen) atoms. The molecule has 1 saturated heterocycles. The summed E-state index contributed by atoms with van der Waals surface area (Å²) >= 11 is 0. The number of carboxylic acids is 1. The Morgan fingerprint density at radius 2 is 1.81 bits per heavy atom. The number of anilines is 1. The van der Waals surface area contributed by atoms with E-state index in [4.69, 9.17) is 5.11 Å². The van der Waals surface area contributed by atoms with E-state index in [0.717, 1.165) is 25.1 Å². The molecule has 2 amide bonds. The van der Waals surface area contributed by atoms with Crippen molar-refractivity contribution in [2.45, 2.75) is 6.92 Å². The molecule has 1 aliphatic rings. The van der Waals surface area contributed by atoms with Crippen LogP contribution in [0.2, 0.25) is 0 Å². The molecule has 0 bridgehead atoms. The van der Waals surface area contributed by atoms with E-state index < -0.39 is 46.6 Å². The number of ketones is 2. The molecule has 1 aromatic carbocycles. The number of hydrogen-bond donors (Lipinski definition) is 2. The summed E-state index contributed by atoms with van der Waals surface area (Å²) in [6.07, 6.45) is 0. The maximum Gasteiger partial charge on any atom is 0.339 e. The number of imide groups is 1. The predicted octanol–water partition coefficient (Wildman–Crippen LogP) is -0.262. The lowest BCUT2D eigenvalue weighted by Gasteiger charge is -2.14. The van der Waals surface area contributed by atoms with Crippen LogP contribution in [0.15, 0.2) is 18.2 Å². The molecule has 2 rings (SSSR count). The zero-order valence-corrected chi connectivity index (χ0v) is 10.7. The number of carbonyl (C=O) groups is 5. The van der Waals surface area contributed by atoms with Crippen LogP contribution in [0.1, 0.15) is 17.3 Å². The Bertz CT molecular complexity index is 706. The van der Waals surface area contributed by atoms with Crippen LogP contribution >= 0.6 is 0 Å². The van der Waals surface area contributed by atoms with Crippen molar-refractivity contribution in [3.05, 3.63) is 23.8 Å². The van der Waals surface area contributed by atoms with Gasteiger partial charge in [-0.2, -0.15) is 0 Å². The molecule has 1 unspecified atom stereocenters. The van der Waals surface area contributed by atoms with Crippen molar-refractivity contribution in [2.24, 2.45) is 5.92 Å². The Labute approximate surface area is 117 Å². The van der Waals surface area contributed by atoms with E-state index in [1.165, 1.54) is 0 Å². The maximum absolute atomic E-state index is 12.0. The van der Waals surface area contributed by atoms with Crippen LogP contribution < -0.4 is 4.90 Å². The van der Waals surface area contributed by atoms with Crippen LogP contribution in [0.25, 0.3) is 0 Å². The molecule has 8 nitrogen and oxygen atoms in total. The summed E-state index contributed by atoms with van der Waals surface area (Å²) in [4.78, 5) is 58.0. The number of hydrogen-bond acceptors (Lipinski definition) is 6. The van der Waals surface area contributed by atoms with E-state index in [0.29, 0.717) is 4.90 Å². The quantitative estimate of drug-likeness (QED) is 0.445. The van der Waals surface area contributed by atoms with Crippen LogP contribution in [-0.4, -0.2) is 39.6 Å². The minimum Gasteiger partial charge on any atom is -0.507 e. The Hall–Kier alpha value is -3.03. The molecule has 0 radical (unpaired) electrons. The number of nitrogens with zero attached hydrogens (tertiary/aromatic N) is 1. The van der Waals surface area contributed by atoms with Gasteiger partial charge in [0.05, 0.1) is 5.69 Å². The zero-order chi connectivity index (χ0) is 15.9. The van der Waals surface area contributed by atoms with Gasteiger partial charge in [0.2, 0.25) is 5.78 Å². The molecular weight excluding hydrogens is 282 g/mol. The number of aromatic hydroxyl groups is 1. The average molecular weight is 291 g/mol. The molecule has 1 heterocycles. The number of rotatable bonds is 3. The standard InChI is InChI=1S/C13H9NO7/c1-5(15)9-10(17)12(19)14(11(9)18)6-2-3-8(16)7(4-6)13(20)21/h2-4,9,16H,1H3,(H,20,21). The monoisotopic (exact) mass is 291 g/mol.